The second-order valence-corrected chi connectivity index (χ2v) is 6.45. The highest BCUT2D eigenvalue weighted by atomic mass is 79.9. The van der Waals surface area contributed by atoms with Gasteiger partial charge in [-0.2, -0.15) is 0 Å². The molecule has 0 atom stereocenters. The number of benzene rings is 2. The van der Waals surface area contributed by atoms with Crippen molar-refractivity contribution in [3.8, 4) is 0 Å². The summed E-state index contributed by atoms with van der Waals surface area (Å²) in [6.45, 7) is 4.29. The molecule has 0 radical (unpaired) electrons. The number of piperazine rings is 1. The second-order valence-electron chi connectivity index (χ2n) is 5.60. The lowest BCUT2D eigenvalue weighted by Crippen LogP contribution is -2.46. The fraction of sp³-hybridized carbons (Fsp3) is 0.294. The first kappa shape index (κ1) is 16.0. The van der Waals surface area contributed by atoms with E-state index in [4.69, 9.17) is 0 Å². The van der Waals surface area contributed by atoms with Gasteiger partial charge >= 0.3 is 0 Å². The van der Waals surface area contributed by atoms with E-state index in [0.717, 1.165) is 42.9 Å². The summed E-state index contributed by atoms with van der Waals surface area (Å²) in [5.74, 6) is 0. The molecule has 5 nitrogen and oxygen atoms in total. The maximum atomic E-state index is 11.2. The summed E-state index contributed by atoms with van der Waals surface area (Å²) in [6.07, 6.45) is 0. The Morgan fingerprint density at radius 3 is 2.35 bits per heavy atom. The Bertz CT molecular complexity index is 700. The molecular formula is C17H18BrN3O2. The Morgan fingerprint density at radius 2 is 1.65 bits per heavy atom. The predicted molar refractivity (Wildman–Crippen MR) is 94.7 cm³/mol. The van der Waals surface area contributed by atoms with Crippen molar-refractivity contribution in [2.45, 2.75) is 6.54 Å². The molecule has 0 amide bonds. The molecule has 0 N–H and O–H groups in total. The molecule has 0 spiro atoms. The van der Waals surface area contributed by atoms with Crippen molar-refractivity contribution in [2.24, 2.45) is 0 Å². The summed E-state index contributed by atoms with van der Waals surface area (Å²) < 4.78 is 1.13. The lowest BCUT2D eigenvalue weighted by Gasteiger charge is -2.35. The lowest BCUT2D eigenvalue weighted by molar-refractivity contribution is -0.384. The Labute approximate surface area is 143 Å². The first-order chi connectivity index (χ1) is 11.1. The highest BCUT2D eigenvalue weighted by Gasteiger charge is 2.23. The van der Waals surface area contributed by atoms with Gasteiger partial charge in [0.1, 0.15) is 5.69 Å². The molecule has 1 aliphatic heterocycles. The average Bonchev–Trinajstić information content (AvgIpc) is 2.58. The summed E-state index contributed by atoms with van der Waals surface area (Å²) in [4.78, 5) is 15.4. The number of para-hydroxylation sites is 2. The molecule has 1 saturated heterocycles. The molecule has 1 fully saturated rings. The minimum Gasteiger partial charge on any atom is -0.363 e. The summed E-state index contributed by atoms with van der Waals surface area (Å²) >= 11 is 3.59. The minimum absolute atomic E-state index is 0.187. The topological polar surface area (TPSA) is 49.6 Å². The van der Waals surface area contributed by atoms with E-state index in [0.29, 0.717) is 0 Å². The average molecular weight is 376 g/mol. The van der Waals surface area contributed by atoms with Crippen LogP contribution < -0.4 is 4.90 Å². The van der Waals surface area contributed by atoms with Gasteiger partial charge < -0.3 is 4.90 Å². The maximum absolute atomic E-state index is 11.2. The number of halogens is 1. The van der Waals surface area contributed by atoms with E-state index >= 15 is 0 Å². The molecule has 0 aliphatic carbocycles. The molecule has 2 aromatic carbocycles. The molecule has 0 saturated carbocycles. The SMILES string of the molecule is O=[N+]([O-])c1ccccc1N1CCN(Cc2ccccc2Br)CC1. The minimum atomic E-state index is -0.303. The summed E-state index contributed by atoms with van der Waals surface area (Å²) in [5, 5.41) is 11.2. The summed E-state index contributed by atoms with van der Waals surface area (Å²) in [5.41, 5.74) is 2.18. The number of rotatable bonds is 4. The molecule has 6 heteroatoms. The smallest absolute Gasteiger partial charge is 0.292 e. The van der Waals surface area contributed by atoms with Crippen LogP contribution in [0.2, 0.25) is 0 Å². The number of hydrogen-bond donors (Lipinski definition) is 0. The predicted octanol–water partition coefficient (Wildman–Crippen LogP) is 3.68. The van der Waals surface area contributed by atoms with Crippen LogP contribution >= 0.6 is 15.9 Å². The molecule has 2 aromatic rings. The second kappa shape index (κ2) is 7.10. The number of nitro groups is 1. The normalized spacial score (nSPS) is 15.6. The molecule has 0 aromatic heterocycles. The quantitative estimate of drug-likeness (QED) is 0.604. The fourth-order valence-electron chi connectivity index (χ4n) is 2.90. The zero-order valence-electron chi connectivity index (χ0n) is 12.7. The Hall–Kier alpha value is -1.92. The van der Waals surface area contributed by atoms with E-state index in [-0.39, 0.29) is 10.6 Å². The van der Waals surface area contributed by atoms with Crippen LogP contribution in [0.4, 0.5) is 11.4 Å². The van der Waals surface area contributed by atoms with Crippen molar-refractivity contribution in [1.82, 2.24) is 4.90 Å². The van der Waals surface area contributed by atoms with Crippen LogP contribution in [0.15, 0.2) is 53.0 Å². The van der Waals surface area contributed by atoms with Gasteiger partial charge in [0.25, 0.3) is 5.69 Å². The number of hydrogen-bond acceptors (Lipinski definition) is 4. The van der Waals surface area contributed by atoms with Crippen molar-refractivity contribution in [3.05, 3.63) is 68.7 Å². The first-order valence-corrected chi connectivity index (χ1v) is 8.38. The molecule has 0 bridgehead atoms. The van der Waals surface area contributed by atoms with Crippen molar-refractivity contribution < 1.29 is 4.92 Å². The van der Waals surface area contributed by atoms with Crippen molar-refractivity contribution in [3.63, 3.8) is 0 Å². The van der Waals surface area contributed by atoms with Crippen LogP contribution in [-0.2, 0) is 6.54 Å². The highest BCUT2D eigenvalue weighted by molar-refractivity contribution is 9.10. The van der Waals surface area contributed by atoms with Crippen molar-refractivity contribution >= 4 is 27.3 Å². The largest absolute Gasteiger partial charge is 0.363 e. The van der Waals surface area contributed by atoms with Gasteiger partial charge in [0.05, 0.1) is 4.92 Å². The molecule has 0 unspecified atom stereocenters. The zero-order valence-corrected chi connectivity index (χ0v) is 14.3. The van der Waals surface area contributed by atoms with Gasteiger partial charge in [-0.1, -0.05) is 46.3 Å². The van der Waals surface area contributed by atoms with Gasteiger partial charge in [-0.15, -0.1) is 0 Å². The fourth-order valence-corrected chi connectivity index (χ4v) is 3.31. The first-order valence-electron chi connectivity index (χ1n) is 7.59. The summed E-state index contributed by atoms with van der Waals surface area (Å²) in [6, 6.07) is 15.2. The van der Waals surface area contributed by atoms with Gasteiger partial charge in [-0.25, -0.2) is 0 Å². The van der Waals surface area contributed by atoms with Gasteiger partial charge in [-0.05, 0) is 17.7 Å². The van der Waals surface area contributed by atoms with Crippen LogP contribution in [0, 0.1) is 10.1 Å². The van der Waals surface area contributed by atoms with E-state index < -0.39 is 0 Å². The third-order valence-electron chi connectivity index (χ3n) is 4.14. The van der Waals surface area contributed by atoms with E-state index in [1.807, 2.05) is 24.3 Å². The molecular weight excluding hydrogens is 358 g/mol. The van der Waals surface area contributed by atoms with Gasteiger partial charge in [0.15, 0.2) is 0 Å². The van der Waals surface area contributed by atoms with Crippen LogP contribution in [0.3, 0.4) is 0 Å². The van der Waals surface area contributed by atoms with Crippen molar-refractivity contribution in [1.29, 1.82) is 0 Å². The van der Waals surface area contributed by atoms with Crippen LogP contribution in [-0.4, -0.2) is 36.0 Å². The maximum Gasteiger partial charge on any atom is 0.292 e. The third-order valence-corrected chi connectivity index (χ3v) is 4.92. The van der Waals surface area contributed by atoms with Crippen molar-refractivity contribution in [2.75, 3.05) is 31.1 Å². The van der Waals surface area contributed by atoms with Gasteiger partial charge in [0, 0.05) is 43.3 Å². The molecule has 1 aliphatic rings. The number of anilines is 1. The standard InChI is InChI=1S/C17H18BrN3O2/c18-15-6-2-1-5-14(15)13-19-9-11-20(12-10-19)16-7-3-4-8-17(16)21(22)23/h1-8H,9-13H2. The monoisotopic (exact) mass is 375 g/mol. The highest BCUT2D eigenvalue weighted by Crippen LogP contribution is 2.28. The summed E-state index contributed by atoms with van der Waals surface area (Å²) in [7, 11) is 0. The van der Waals surface area contributed by atoms with E-state index in [9.17, 15) is 10.1 Å². The Balaban J connectivity index is 1.65. The lowest BCUT2D eigenvalue weighted by atomic mass is 10.2. The van der Waals surface area contributed by atoms with Crippen LogP contribution in [0.1, 0.15) is 5.56 Å². The van der Waals surface area contributed by atoms with E-state index in [2.05, 4.69) is 37.9 Å². The van der Waals surface area contributed by atoms with Gasteiger partial charge in [0.2, 0.25) is 0 Å². The van der Waals surface area contributed by atoms with Gasteiger partial charge in [-0.3, -0.25) is 15.0 Å². The third kappa shape index (κ3) is 3.71. The zero-order chi connectivity index (χ0) is 16.2. The van der Waals surface area contributed by atoms with E-state index in [1.54, 1.807) is 12.1 Å². The Kier molecular flexibility index (Phi) is 4.93. The number of nitrogens with zero attached hydrogens (tertiary/aromatic N) is 3. The van der Waals surface area contributed by atoms with E-state index in [1.165, 1.54) is 5.56 Å². The molecule has 23 heavy (non-hydrogen) atoms. The van der Waals surface area contributed by atoms with Crippen LogP contribution in [0.25, 0.3) is 0 Å². The molecule has 1 heterocycles. The Morgan fingerprint density at radius 1 is 1.00 bits per heavy atom. The van der Waals surface area contributed by atoms with Crippen LogP contribution in [0.5, 0.6) is 0 Å². The number of nitro benzene ring substituents is 1. The molecule has 3 rings (SSSR count). The molecule has 120 valence electrons.